The molecule has 0 saturated heterocycles. The van der Waals surface area contributed by atoms with E-state index in [0.29, 0.717) is 0 Å². The van der Waals surface area contributed by atoms with Gasteiger partial charge in [-0.3, -0.25) is 0 Å². The average Bonchev–Trinajstić information content (AvgIpc) is 3.07. The zero-order valence-electron chi connectivity index (χ0n) is 13.9. The summed E-state index contributed by atoms with van der Waals surface area (Å²) in [5.41, 5.74) is -0.0337. The molecule has 0 bridgehead atoms. The highest BCUT2D eigenvalue weighted by molar-refractivity contribution is 7.89. The van der Waals surface area contributed by atoms with E-state index in [9.17, 15) is 26.0 Å². The Kier molecular flexibility index (Phi) is 5.13. The van der Waals surface area contributed by atoms with Crippen molar-refractivity contribution in [2.24, 2.45) is 5.14 Å². The van der Waals surface area contributed by atoms with E-state index < -0.39 is 29.0 Å². The number of nitrogens with zero attached hydrogens (tertiary/aromatic N) is 1. The van der Waals surface area contributed by atoms with Crippen molar-refractivity contribution in [1.82, 2.24) is 4.98 Å². The standard InChI is InChI=1S/C17H12F4N2O4S/c18-9-26-13-4-2-1-3-12(13)15-14(23-16(27-15)17(19,20)21)10-5-7-11(8-6-10)28(22,24)25/h1-8H,9H2,(H2,22,24,25). The fourth-order valence-corrected chi connectivity index (χ4v) is 2.98. The fourth-order valence-electron chi connectivity index (χ4n) is 2.46. The van der Waals surface area contributed by atoms with Gasteiger partial charge in [-0.2, -0.15) is 13.2 Å². The molecule has 0 radical (unpaired) electrons. The third-order valence-electron chi connectivity index (χ3n) is 3.67. The van der Waals surface area contributed by atoms with E-state index >= 15 is 0 Å². The number of benzene rings is 2. The first-order chi connectivity index (χ1) is 13.1. The number of oxazole rings is 1. The van der Waals surface area contributed by atoms with E-state index in [0.717, 1.165) is 12.1 Å². The minimum Gasteiger partial charge on any atom is -0.462 e. The average molecular weight is 416 g/mol. The van der Waals surface area contributed by atoms with Crippen molar-refractivity contribution in [3.8, 4) is 28.3 Å². The molecular formula is C17H12F4N2O4S. The van der Waals surface area contributed by atoms with Crippen LogP contribution in [0.3, 0.4) is 0 Å². The summed E-state index contributed by atoms with van der Waals surface area (Å²) in [6.45, 7) is -1.20. The number of para-hydroxylation sites is 1. The van der Waals surface area contributed by atoms with Crippen molar-refractivity contribution >= 4 is 10.0 Å². The normalized spacial score (nSPS) is 12.2. The molecule has 3 rings (SSSR count). The van der Waals surface area contributed by atoms with Crippen LogP contribution in [-0.4, -0.2) is 20.3 Å². The second kappa shape index (κ2) is 7.24. The number of ether oxygens (including phenoxy) is 1. The molecule has 3 aromatic rings. The first kappa shape index (κ1) is 19.8. The van der Waals surface area contributed by atoms with Gasteiger partial charge >= 0.3 is 12.1 Å². The summed E-state index contributed by atoms with van der Waals surface area (Å²) < 4.78 is 84.5. The van der Waals surface area contributed by atoms with E-state index in [1.807, 2.05) is 0 Å². The number of aromatic nitrogens is 1. The Bertz CT molecular complexity index is 1090. The van der Waals surface area contributed by atoms with Gasteiger partial charge in [0.25, 0.3) is 0 Å². The second-order valence-corrected chi connectivity index (χ2v) is 7.07. The van der Waals surface area contributed by atoms with Crippen LogP contribution >= 0.6 is 0 Å². The summed E-state index contributed by atoms with van der Waals surface area (Å²) in [5, 5.41) is 5.02. The molecule has 6 nitrogen and oxygen atoms in total. The summed E-state index contributed by atoms with van der Waals surface area (Å²) in [4.78, 5) is 3.28. The molecule has 1 heterocycles. The van der Waals surface area contributed by atoms with Crippen LogP contribution in [-0.2, 0) is 16.2 Å². The Hall–Kier alpha value is -2.92. The summed E-state index contributed by atoms with van der Waals surface area (Å²) in [5.74, 6) is -1.86. The number of halogens is 4. The predicted molar refractivity (Wildman–Crippen MR) is 90.4 cm³/mol. The maximum Gasteiger partial charge on any atom is 0.468 e. The number of alkyl halides is 4. The number of primary sulfonamides is 1. The molecular weight excluding hydrogens is 404 g/mol. The van der Waals surface area contributed by atoms with Crippen LogP contribution in [0.15, 0.2) is 57.8 Å². The number of hydrogen-bond acceptors (Lipinski definition) is 5. The first-order valence-electron chi connectivity index (χ1n) is 7.60. The van der Waals surface area contributed by atoms with Crippen LogP contribution < -0.4 is 9.88 Å². The molecule has 1 aromatic heterocycles. The third-order valence-corrected chi connectivity index (χ3v) is 4.60. The fraction of sp³-hybridized carbons (Fsp3) is 0.118. The largest absolute Gasteiger partial charge is 0.468 e. The van der Waals surface area contributed by atoms with Crippen LogP contribution in [0.1, 0.15) is 5.89 Å². The highest BCUT2D eigenvalue weighted by Gasteiger charge is 2.39. The Morgan fingerprint density at radius 1 is 1.07 bits per heavy atom. The Labute approximate surface area is 156 Å². The van der Waals surface area contributed by atoms with Crippen LogP contribution in [0.4, 0.5) is 17.6 Å². The third kappa shape index (κ3) is 3.99. The Balaban J connectivity index is 2.20. The molecule has 2 N–H and O–H groups in total. The molecule has 148 valence electrons. The van der Waals surface area contributed by atoms with Gasteiger partial charge in [-0.1, -0.05) is 24.3 Å². The van der Waals surface area contributed by atoms with Gasteiger partial charge in [-0.25, -0.2) is 22.9 Å². The minimum atomic E-state index is -4.87. The monoisotopic (exact) mass is 416 g/mol. The predicted octanol–water partition coefficient (Wildman–Crippen LogP) is 3.98. The number of nitrogens with two attached hydrogens (primary N) is 1. The van der Waals surface area contributed by atoms with Crippen molar-refractivity contribution in [2.45, 2.75) is 11.1 Å². The molecule has 0 aliphatic heterocycles. The zero-order chi connectivity index (χ0) is 20.5. The van der Waals surface area contributed by atoms with Gasteiger partial charge in [0.15, 0.2) is 5.76 Å². The number of sulfonamides is 1. The Morgan fingerprint density at radius 2 is 1.71 bits per heavy atom. The second-order valence-electron chi connectivity index (χ2n) is 5.51. The molecule has 0 fully saturated rings. The van der Waals surface area contributed by atoms with Crippen molar-refractivity contribution in [3.63, 3.8) is 0 Å². The van der Waals surface area contributed by atoms with E-state index in [1.165, 1.54) is 36.4 Å². The lowest BCUT2D eigenvalue weighted by molar-refractivity contribution is -0.156. The van der Waals surface area contributed by atoms with E-state index in [4.69, 9.17) is 14.3 Å². The van der Waals surface area contributed by atoms with Gasteiger partial charge in [0, 0.05) is 5.56 Å². The van der Waals surface area contributed by atoms with Crippen LogP contribution in [0, 0.1) is 0 Å². The highest BCUT2D eigenvalue weighted by atomic mass is 32.2. The van der Waals surface area contributed by atoms with Gasteiger partial charge in [0.05, 0.1) is 10.5 Å². The summed E-state index contributed by atoms with van der Waals surface area (Å²) in [7, 11) is -3.98. The summed E-state index contributed by atoms with van der Waals surface area (Å²) >= 11 is 0. The van der Waals surface area contributed by atoms with Crippen molar-refractivity contribution in [3.05, 3.63) is 54.4 Å². The summed E-state index contributed by atoms with van der Waals surface area (Å²) in [6.07, 6.45) is -4.87. The smallest absolute Gasteiger partial charge is 0.462 e. The van der Waals surface area contributed by atoms with E-state index in [2.05, 4.69) is 4.98 Å². The Morgan fingerprint density at radius 3 is 2.29 bits per heavy atom. The van der Waals surface area contributed by atoms with Crippen LogP contribution in [0.2, 0.25) is 0 Å². The minimum absolute atomic E-state index is 0.0442. The molecule has 0 spiro atoms. The van der Waals surface area contributed by atoms with Crippen LogP contribution in [0.25, 0.3) is 22.6 Å². The molecule has 0 unspecified atom stereocenters. The molecule has 0 aliphatic carbocycles. The summed E-state index contributed by atoms with van der Waals surface area (Å²) in [6, 6.07) is 10.5. The first-order valence-corrected chi connectivity index (χ1v) is 9.15. The number of hydrogen-bond donors (Lipinski definition) is 1. The van der Waals surface area contributed by atoms with Crippen LogP contribution in [0.5, 0.6) is 5.75 Å². The molecule has 0 amide bonds. The van der Waals surface area contributed by atoms with E-state index in [1.54, 1.807) is 0 Å². The highest BCUT2D eigenvalue weighted by Crippen LogP contribution is 2.41. The maximum atomic E-state index is 13.1. The van der Waals surface area contributed by atoms with Crippen molar-refractivity contribution in [2.75, 3.05) is 6.86 Å². The van der Waals surface area contributed by atoms with Gasteiger partial charge < -0.3 is 9.15 Å². The molecule has 28 heavy (non-hydrogen) atoms. The molecule has 0 aliphatic rings. The number of rotatable bonds is 5. The lowest BCUT2D eigenvalue weighted by Gasteiger charge is -2.08. The molecule has 0 atom stereocenters. The lowest BCUT2D eigenvalue weighted by Crippen LogP contribution is -2.11. The molecule has 2 aromatic carbocycles. The van der Waals surface area contributed by atoms with E-state index in [-0.39, 0.29) is 33.2 Å². The maximum absolute atomic E-state index is 13.1. The zero-order valence-corrected chi connectivity index (χ0v) is 14.7. The quantitative estimate of drug-likeness (QED) is 0.635. The molecule has 11 heteroatoms. The van der Waals surface area contributed by atoms with Crippen molar-refractivity contribution < 1.29 is 35.1 Å². The van der Waals surface area contributed by atoms with Gasteiger partial charge in [-0.05, 0) is 24.3 Å². The van der Waals surface area contributed by atoms with Gasteiger partial charge in [0.1, 0.15) is 11.4 Å². The SMILES string of the molecule is NS(=O)(=O)c1ccc(-c2nc(C(F)(F)F)oc2-c2ccccc2OCF)cc1. The van der Waals surface area contributed by atoms with Crippen molar-refractivity contribution in [1.29, 1.82) is 0 Å². The molecule has 0 saturated carbocycles. The topological polar surface area (TPSA) is 95.4 Å². The van der Waals surface area contributed by atoms with Gasteiger partial charge in [-0.15, -0.1) is 0 Å². The lowest BCUT2D eigenvalue weighted by atomic mass is 10.1. The van der Waals surface area contributed by atoms with Gasteiger partial charge in [0.2, 0.25) is 16.9 Å².